The van der Waals surface area contributed by atoms with Crippen LogP contribution in [0, 0.1) is 5.82 Å². The fraction of sp³-hybridized carbons (Fsp3) is 0.375. The maximum atomic E-state index is 13.3. The molecule has 1 aliphatic rings. The monoisotopic (exact) mass is 290 g/mol. The SMILES string of the molecule is Fc1ccc2c(c1)N(CCNCCc1cccs1)CC2. The van der Waals surface area contributed by atoms with Gasteiger partial charge in [-0.25, -0.2) is 4.39 Å². The van der Waals surface area contributed by atoms with Crippen LogP contribution >= 0.6 is 11.3 Å². The molecule has 0 saturated carbocycles. The number of halogens is 1. The third kappa shape index (κ3) is 3.19. The van der Waals surface area contributed by atoms with E-state index in [2.05, 4.69) is 27.7 Å². The summed E-state index contributed by atoms with van der Waals surface area (Å²) >= 11 is 1.81. The van der Waals surface area contributed by atoms with Gasteiger partial charge in [0.2, 0.25) is 0 Å². The number of benzene rings is 1. The molecular weight excluding hydrogens is 271 g/mol. The molecule has 1 N–H and O–H groups in total. The summed E-state index contributed by atoms with van der Waals surface area (Å²) < 4.78 is 13.3. The fourth-order valence-corrected chi connectivity index (χ4v) is 3.37. The van der Waals surface area contributed by atoms with Crippen molar-refractivity contribution in [3.8, 4) is 0 Å². The van der Waals surface area contributed by atoms with Crippen LogP contribution in [0.1, 0.15) is 10.4 Å². The fourth-order valence-electron chi connectivity index (χ4n) is 2.66. The maximum Gasteiger partial charge on any atom is 0.125 e. The van der Waals surface area contributed by atoms with E-state index in [1.165, 1.54) is 10.4 Å². The molecule has 2 heterocycles. The smallest absolute Gasteiger partial charge is 0.125 e. The summed E-state index contributed by atoms with van der Waals surface area (Å²) in [4.78, 5) is 3.70. The number of nitrogens with one attached hydrogen (secondary N) is 1. The Morgan fingerprint density at radius 3 is 3.05 bits per heavy atom. The summed E-state index contributed by atoms with van der Waals surface area (Å²) in [5, 5.41) is 5.58. The van der Waals surface area contributed by atoms with Crippen molar-refractivity contribution in [2.75, 3.05) is 31.1 Å². The molecule has 0 spiro atoms. The van der Waals surface area contributed by atoms with Crippen molar-refractivity contribution in [3.05, 3.63) is 52.0 Å². The van der Waals surface area contributed by atoms with Gasteiger partial charge in [-0.15, -0.1) is 11.3 Å². The Balaban J connectivity index is 1.43. The molecule has 0 aliphatic carbocycles. The minimum absolute atomic E-state index is 0.138. The van der Waals surface area contributed by atoms with Crippen LogP contribution in [0.15, 0.2) is 35.7 Å². The summed E-state index contributed by atoms with van der Waals surface area (Å²) in [6.45, 7) is 3.90. The van der Waals surface area contributed by atoms with Gasteiger partial charge in [-0.1, -0.05) is 12.1 Å². The summed E-state index contributed by atoms with van der Waals surface area (Å²) in [7, 11) is 0. The minimum atomic E-state index is -0.138. The quantitative estimate of drug-likeness (QED) is 0.823. The normalized spacial score (nSPS) is 13.8. The summed E-state index contributed by atoms with van der Waals surface area (Å²) in [5.41, 5.74) is 2.34. The van der Waals surface area contributed by atoms with Crippen LogP contribution in [0.2, 0.25) is 0 Å². The molecule has 2 aromatic rings. The second-order valence-corrected chi connectivity index (χ2v) is 6.12. The van der Waals surface area contributed by atoms with Crippen molar-refractivity contribution in [1.82, 2.24) is 5.32 Å². The first-order valence-corrected chi connectivity index (χ1v) is 7.97. The van der Waals surface area contributed by atoms with Crippen LogP contribution in [-0.2, 0) is 12.8 Å². The van der Waals surface area contributed by atoms with Gasteiger partial charge in [0.15, 0.2) is 0 Å². The number of hydrogen-bond acceptors (Lipinski definition) is 3. The zero-order valence-electron chi connectivity index (χ0n) is 11.4. The van der Waals surface area contributed by atoms with E-state index in [1.54, 1.807) is 23.5 Å². The Morgan fingerprint density at radius 1 is 1.25 bits per heavy atom. The molecule has 3 rings (SSSR count). The summed E-state index contributed by atoms with van der Waals surface area (Å²) in [5.74, 6) is -0.138. The molecule has 20 heavy (non-hydrogen) atoms. The van der Waals surface area contributed by atoms with Gasteiger partial charge in [0.25, 0.3) is 0 Å². The van der Waals surface area contributed by atoms with Gasteiger partial charge in [0, 0.05) is 36.7 Å². The van der Waals surface area contributed by atoms with Crippen molar-refractivity contribution in [2.24, 2.45) is 0 Å². The number of hydrogen-bond donors (Lipinski definition) is 1. The second-order valence-electron chi connectivity index (χ2n) is 5.09. The first-order chi connectivity index (χ1) is 9.83. The molecule has 4 heteroatoms. The van der Waals surface area contributed by atoms with E-state index >= 15 is 0 Å². The zero-order chi connectivity index (χ0) is 13.8. The average molecular weight is 290 g/mol. The molecular formula is C16H19FN2S. The topological polar surface area (TPSA) is 15.3 Å². The Hall–Kier alpha value is -1.39. The second kappa shape index (κ2) is 6.37. The van der Waals surface area contributed by atoms with Gasteiger partial charge in [0.1, 0.15) is 5.82 Å². The van der Waals surface area contributed by atoms with Crippen LogP contribution < -0.4 is 10.2 Å². The van der Waals surface area contributed by atoms with Gasteiger partial charge in [-0.05, 0) is 42.0 Å². The van der Waals surface area contributed by atoms with Gasteiger partial charge in [-0.3, -0.25) is 0 Å². The van der Waals surface area contributed by atoms with E-state index in [0.717, 1.165) is 44.7 Å². The van der Waals surface area contributed by atoms with Crippen molar-refractivity contribution < 1.29 is 4.39 Å². The van der Waals surface area contributed by atoms with Crippen molar-refractivity contribution in [3.63, 3.8) is 0 Å². The average Bonchev–Trinajstić information content (AvgIpc) is 3.08. The lowest BCUT2D eigenvalue weighted by atomic mass is 10.2. The predicted molar refractivity (Wildman–Crippen MR) is 83.2 cm³/mol. The number of anilines is 1. The Labute approximate surface area is 123 Å². The molecule has 1 aliphatic heterocycles. The maximum absolute atomic E-state index is 13.3. The lowest BCUT2D eigenvalue weighted by Gasteiger charge is -2.19. The first kappa shape index (κ1) is 13.6. The van der Waals surface area contributed by atoms with Crippen molar-refractivity contribution in [2.45, 2.75) is 12.8 Å². The van der Waals surface area contributed by atoms with Crippen LogP contribution in [-0.4, -0.2) is 26.2 Å². The van der Waals surface area contributed by atoms with Crippen LogP contribution in [0.4, 0.5) is 10.1 Å². The first-order valence-electron chi connectivity index (χ1n) is 7.09. The zero-order valence-corrected chi connectivity index (χ0v) is 12.3. The third-order valence-electron chi connectivity index (χ3n) is 3.73. The van der Waals surface area contributed by atoms with E-state index in [9.17, 15) is 4.39 Å². The van der Waals surface area contributed by atoms with Crippen molar-refractivity contribution in [1.29, 1.82) is 0 Å². The molecule has 1 aromatic carbocycles. The molecule has 106 valence electrons. The van der Waals surface area contributed by atoms with E-state index in [-0.39, 0.29) is 5.82 Å². The largest absolute Gasteiger partial charge is 0.370 e. The van der Waals surface area contributed by atoms with Crippen LogP contribution in [0.3, 0.4) is 0 Å². The Bertz CT molecular complexity index is 554. The van der Waals surface area contributed by atoms with Gasteiger partial charge >= 0.3 is 0 Å². The van der Waals surface area contributed by atoms with E-state index < -0.39 is 0 Å². The molecule has 2 nitrogen and oxygen atoms in total. The van der Waals surface area contributed by atoms with Crippen LogP contribution in [0.25, 0.3) is 0 Å². The van der Waals surface area contributed by atoms with E-state index in [4.69, 9.17) is 0 Å². The van der Waals surface area contributed by atoms with Gasteiger partial charge in [0.05, 0.1) is 0 Å². The van der Waals surface area contributed by atoms with E-state index in [1.807, 2.05) is 6.07 Å². The highest BCUT2D eigenvalue weighted by atomic mass is 32.1. The number of nitrogens with zero attached hydrogens (tertiary/aromatic N) is 1. The number of rotatable bonds is 6. The molecule has 0 unspecified atom stereocenters. The molecule has 0 radical (unpaired) electrons. The predicted octanol–water partition coefficient (Wildman–Crippen LogP) is 3.08. The lowest BCUT2D eigenvalue weighted by Crippen LogP contribution is -2.31. The molecule has 0 bridgehead atoms. The number of thiophene rings is 1. The van der Waals surface area contributed by atoms with Gasteiger partial charge < -0.3 is 10.2 Å². The van der Waals surface area contributed by atoms with Crippen molar-refractivity contribution >= 4 is 17.0 Å². The number of fused-ring (bicyclic) bond motifs is 1. The summed E-state index contributed by atoms with van der Waals surface area (Å²) in [6.07, 6.45) is 2.12. The third-order valence-corrected chi connectivity index (χ3v) is 4.66. The lowest BCUT2D eigenvalue weighted by molar-refractivity contribution is 0.626. The standard InChI is InChI=1S/C16H19FN2S/c17-14-4-3-13-6-9-19(16(13)12-14)10-8-18-7-5-15-2-1-11-20-15/h1-4,11-12,18H,5-10H2. The van der Waals surface area contributed by atoms with Gasteiger partial charge in [-0.2, -0.15) is 0 Å². The Kier molecular flexibility index (Phi) is 4.33. The highest BCUT2D eigenvalue weighted by Crippen LogP contribution is 2.28. The molecule has 0 saturated heterocycles. The Morgan fingerprint density at radius 2 is 2.20 bits per heavy atom. The highest BCUT2D eigenvalue weighted by Gasteiger charge is 2.18. The van der Waals surface area contributed by atoms with Crippen LogP contribution in [0.5, 0.6) is 0 Å². The highest BCUT2D eigenvalue weighted by molar-refractivity contribution is 7.09. The molecule has 0 atom stereocenters. The molecule has 0 fully saturated rings. The minimum Gasteiger partial charge on any atom is -0.370 e. The molecule has 1 aromatic heterocycles. The van der Waals surface area contributed by atoms with E-state index in [0.29, 0.717) is 0 Å². The molecule has 0 amide bonds. The summed E-state index contributed by atoms with van der Waals surface area (Å²) in [6, 6.07) is 9.39.